The van der Waals surface area contributed by atoms with E-state index in [1.807, 2.05) is 48.5 Å². The molecular weight excluding hydrogens is 466 g/mol. The first kappa shape index (κ1) is 24.2. The maximum Gasteiger partial charge on any atom is 0.234 e. The topological polar surface area (TPSA) is 70.7 Å². The van der Waals surface area contributed by atoms with Crippen LogP contribution in [0, 0.1) is 0 Å². The summed E-state index contributed by atoms with van der Waals surface area (Å²) < 4.78 is 6.64. The van der Waals surface area contributed by atoms with Crippen LogP contribution < -0.4 is 15.4 Å². The maximum absolute atomic E-state index is 12.1. The zero-order chi connectivity index (χ0) is 21.8. The number of carbonyl (C=O) groups is 2. The molecule has 0 spiro atoms. The lowest BCUT2D eigenvalue weighted by atomic mass is 10.3. The molecular formula is C22H28BrN3O3S. The average Bonchev–Trinajstić information content (AvgIpc) is 2.72. The lowest BCUT2D eigenvalue weighted by molar-refractivity contribution is -0.114. The Bertz CT molecular complexity index is 814. The quantitative estimate of drug-likeness (QED) is 0.456. The highest BCUT2D eigenvalue weighted by Crippen LogP contribution is 2.17. The van der Waals surface area contributed by atoms with Gasteiger partial charge in [0.2, 0.25) is 11.8 Å². The third kappa shape index (κ3) is 9.19. The van der Waals surface area contributed by atoms with Crippen LogP contribution in [0.15, 0.2) is 53.0 Å². The van der Waals surface area contributed by atoms with Gasteiger partial charge >= 0.3 is 0 Å². The molecule has 2 aromatic carbocycles. The molecule has 0 saturated carbocycles. The van der Waals surface area contributed by atoms with E-state index in [0.29, 0.717) is 12.3 Å². The van der Waals surface area contributed by atoms with Crippen LogP contribution >= 0.6 is 27.7 Å². The molecule has 30 heavy (non-hydrogen) atoms. The first-order valence-electron chi connectivity index (χ1n) is 9.88. The van der Waals surface area contributed by atoms with Crippen LogP contribution in [0.25, 0.3) is 0 Å². The van der Waals surface area contributed by atoms with Crippen LogP contribution in [0.5, 0.6) is 5.75 Å². The summed E-state index contributed by atoms with van der Waals surface area (Å²) in [6.07, 6.45) is 0. The molecule has 0 aliphatic carbocycles. The number of hydrogen-bond acceptors (Lipinski definition) is 5. The normalized spacial score (nSPS) is 10.7. The monoisotopic (exact) mass is 493 g/mol. The minimum absolute atomic E-state index is 0.142. The zero-order valence-corrected chi connectivity index (χ0v) is 19.7. The first-order valence-corrected chi connectivity index (χ1v) is 11.8. The molecule has 0 saturated heterocycles. The van der Waals surface area contributed by atoms with Crippen LogP contribution in [-0.4, -0.2) is 54.5 Å². The summed E-state index contributed by atoms with van der Waals surface area (Å²) in [5.41, 5.74) is 1.43. The molecule has 0 aliphatic heterocycles. The van der Waals surface area contributed by atoms with Crippen LogP contribution in [0.1, 0.15) is 13.8 Å². The zero-order valence-electron chi connectivity index (χ0n) is 17.3. The van der Waals surface area contributed by atoms with Crippen molar-refractivity contribution in [2.45, 2.75) is 13.8 Å². The Balaban J connectivity index is 1.66. The highest BCUT2D eigenvalue weighted by Gasteiger charge is 2.07. The number of halogens is 1. The van der Waals surface area contributed by atoms with Crippen LogP contribution in [-0.2, 0) is 9.59 Å². The van der Waals surface area contributed by atoms with Gasteiger partial charge in [-0.2, -0.15) is 0 Å². The van der Waals surface area contributed by atoms with E-state index in [1.54, 1.807) is 0 Å². The van der Waals surface area contributed by atoms with Gasteiger partial charge < -0.3 is 20.3 Å². The van der Waals surface area contributed by atoms with E-state index in [-0.39, 0.29) is 23.3 Å². The number of carbonyl (C=O) groups excluding carboxylic acids is 2. The van der Waals surface area contributed by atoms with Gasteiger partial charge in [-0.15, -0.1) is 11.8 Å². The number of hydrogen-bond donors (Lipinski definition) is 2. The Morgan fingerprint density at radius 1 is 0.967 bits per heavy atom. The van der Waals surface area contributed by atoms with Crippen LogP contribution in [0.4, 0.5) is 11.4 Å². The van der Waals surface area contributed by atoms with E-state index < -0.39 is 0 Å². The Morgan fingerprint density at radius 3 is 2.20 bits per heavy atom. The van der Waals surface area contributed by atoms with E-state index in [1.165, 1.54) is 11.8 Å². The third-order valence-electron chi connectivity index (χ3n) is 4.28. The van der Waals surface area contributed by atoms with Gasteiger partial charge in [0.1, 0.15) is 12.4 Å². The number of likely N-dealkylation sites (N-methyl/N-ethyl adjacent to an activating group) is 1. The number of amides is 2. The van der Waals surface area contributed by atoms with Gasteiger partial charge in [0.05, 0.1) is 11.5 Å². The molecule has 2 aromatic rings. The summed E-state index contributed by atoms with van der Waals surface area (Å²) in [6, 6.07) is 14.7. The lowest BCUT2D eigenvalue weighted by Crippen LogP contribution is -2.27. The van der Waals surface area contributed by atoms with Crippen LogP contribution in [0.3, 0.4) is 0 Å². The van der Waals surface area contributed by atoms with Gasteiger partial charge in [0.25, 0.3) is 0 Å². The Kier molecular flexibility index (Phi) is 10.8. The summed E-state index contributed by atoms with van der Waals surface area (Å²) >= 11 is 4.63. The van der Waals surface area contributed by atoms with Gasteiger partial charge in [0.15, 0.2) is 0 Å². The third-order valence-corrected chi connectivity index (χ3v) is 5.71. The smallest absolute Gasteiger partial charge is 0.234 e. The largest absolute Gasteiger partial charge is 0.492 e. The van der Waals surface area contributed by atoms with Gasteiger partial charge in [0, 0.05) is 22.4 Å². The van der Waals surface area contributed by atoms with Crippen molar-refractivity contribution in [1.29, 1.82) is 0 Å². The van der Waals surface area contributed by atoms with Gasteiger partial charge in [-0.05, 0) is 55.6 Å². The molecule has 0 fully saturated rings. The highest BCUT2D eigenvalue weighted by molar-refractivity contribution is 9.10. The second kappa shape index (κ2) is 13.3. The standard InChI is InChI=1S/C22H28BrN3O3S/c1-3-26(4-2)12-13-29-20-10-8-18(9-11-20)24-21(27)15-30-16-22(28)25-19-7-5-6-17(23)14-19/h5-11,14H,3-4,12-13,15-16H2,1-2H3,(H,24,27)(H,25,28). The maximum atomic E-state index is 12.1. The molecule has 2 amide bonds. The van der Waals surface area contributed by atoms with E-state index in [4.69, 9.17) is 4.74 Å². The summed E-state index contributed by atoms with van der Waals surface area (Å²) in [5, 5.41) is 5.64. The summed E-state index contributed by atoms with van der Waals surface area (Å²) in [7, 11) is 0. The fraction of sp³-hybridized carbons (Fsp3) is 0.364. The second-order valence-electron chi connectivity index (χ2n) is 6.50. The van der Waals surface area contributed by atoms with Crippen molar-refractivity contribution < 1.29 is 14.3 Å². The van der Waals surface area contributed by atoms with E-state index in [9.17, 15) is 9.59 Å². The van der Waals surface area contributed by atoms with Gasteiger partial charge in [-0.3, -0.25) is 9.59 Å². The minimum atomic E-state index is -0.148. The molecule has 0 aliphatic rings. The molecule has 2 N–H and O–H groups in total. The predicted octanol–water partition coefficient (Wildman–Crippen LogP) is 4.48. The predicted molar refractivity (Wildman–Crippen MR) is 128 cm³/mol. The summed E-state index contributed by atoms with van der Waals surface area (Å²) in [6.45, 7) is 7.80. The van der Waals surface area contributed by atoms with E-state index >= 15 is 0 Å². The molecule has 8 heteroatoms. The van der Waals surface area contributed by atoms with Crippen molar-refractivity contribution in [2.75, 3.05) is 48.4 Å². The van der Waals surface area contributed by atoms with Crippen molar-refractivity contribution >= 4 is 50.9 Å². The second-order valence-corrected chi connectivity index (χ2v) is 8.40. The number of rotatable bonds is 12. The van der Waals surface area contributed by atoms with Crippen LogP contribution in [0.2, 0.25) is 0 Å². The number of nitrogens with zero attached hydrogens (tertiary/aromatic N) is 1. The van der Waals surface area contributed by atoms with Crippen molar-refractivity contribution in [1.82, 2.24) is 4.90 Å². The fourth-order valence-corrected chi connectivity index (χ4v) is 3.68. The number of ether oxygens (including phenoxy) is 1. The fourth-order valence-electron chi connectivity index (χ4n) is 2.66. The first-order chi connectivity index (χ1) is 14.5. The number of nitrogens with one attached hydrogen (secondary N) is 2. The van der Waals surface area contributed by atoms with Crippen molar-refractivity contribution in [2.24, 2.45) is 0 Å². The van der Waals surface area contributed by atoms with Crippen molar-refractivity contribution in [3.63, 3.8) is 0 Å². The van der Waals surface area contributed by atoms with E-state index in [0.717, 1.165) is 35.5 Å². The van der Waals surface area contributed by atoms with Crippen molar-refractivity contribution in [3.8, 4) is 5.75 Å². The number of benzene rings is 2. The molecule has 2 rings (SSSR count). The summed E-state index contributed by atoms with van der Waals surface area (Å²) in [4.78, 5) is 26.4. The molecule has 0 radical (unpaired) electrons. The van der Waals surface area contributed by atoms with Gasteiger partial charge in [-0.25, -0.2) is 0 Å². The Labute approximate surface area is 190 Å². The SMILES string of the molecule is CCN(CC)CCOc1ccc(NC(=O)CSCC(=O)Nc2cccc(Br)c2)cc1. The molecule has 0 atom stereocenters. The molecule has 0 aromatic heterocycles. The number of anilines is 2. The lowest BCUT2D eigenvalue weighted by Gasteiger charge is -2.18. The molecule has 6 nitrogen and oxygen atoms in total. The highest BCUT2D eigenvalue weighted by atomic mass is 79.9. The molecule has 162 valence electrons. The molecule has 0 heterocycles. The molecule has 0 unspecified atom stereocenters. The summed E-state index contributed by atoms with van der Waals surface area (Å²) in [5.74, 6) is 0.897. The minimum Gasteiger partial charge on any atom is -0.492 e. The average molecular weight is 494 g/mol. The van der Waals surface area contributed by atoms with Gasteiger partial charge in [-0.1, -0.05) is 35.8 Å². The Morgan fingerprint density at radius 2 is 1.60 bits per heavy atom. The molecule has 0 bridgehead atoms. The Hall–Kier alpha value is -2.03. The van der Waals surface area contributed by atoms with Crippen molar-refractivity contribution in [3.05, 3.63) is 53.0 Å². The van der Waals surface area contributed by atoms with E-state index in [2.05, 4.69) is 45.3 Å². The number of thioether (sulfide) groups is 1.